The molecule has 0 aromatic carbocycles. The first-order valence-corrected chi connectivity index (χ1v) is 12.0. The van der Waals surface area contributed by atoms with Gasteiger partial charge in [0.25, 0.3) is 0 Å². The van der Waals surface area contributed by atoms with Crippen molar-refractivity contribution in [1.29, 1.82) is 0 Å². The third kappa shape index (κ3) is 9.94. The largest absolute Gasteiger partial charge is 0.405 e. The summed E-state index contributed by atoms with van der Waals surface area (Å²) in [6.45, 7) is 13.0. The van der Waals surface area contributed by atoms with E-state index >= 15 is 0 Å². The summed E-state index contributed by atoms with van der Waals surface area (Å²) in [5.74, 6) is 1.31. The average Bonchev–Trinajstić information content (AvgIpc) is 3.11. The fourth-order valence-corrected chi connectivity index (χ4v) is 4.00. The first kappa shape index (κ1) is 28.6. The van der Waals surface area contributed by atoms with Crippen molar-refractivity contribution in [3.63, 3.8) is 0 Å². The molecule has 0 fully saturated rings. The fourth-order valence-electron chi connectivity index (χ4n) is 2.97. The van der Waals surface area contributed by atoms with Crippen LogP contribution in [-0.4, -0.2) is 34.7 Å². The molecular weight excluding hydrogens is 447 g/mol. The molecule has 184 valence electrons. The summed E-state index contributed by atoms with van der Waals surface area (Å²) in [5.41, 5.74) is 2.18. The van der Waals surface area contributed by atoms with E-state index in [0.29, 0.717) is 23.5 Å². The van der Waals surface area contributed by atoms with Crippen molar-refractivity contribution in [2.75, 3.05) is 24.2 Å². The summed E-state index contributed by atoms with van der Waals surface area (Å²) < 4.78 is 37.2. The Morgan fingerprint density at radius 2 is 1.85 bits per heavy atom. The predicted octanol–water partition coefficient (Wildman–Crippen LogP) is 7.35. The summed E-state index contributed by atoms with van der Waals surface area (Å²) in [6, 6.07) is 0. The van der Waals surface area contributed by atoms with Gasteiger partial charge in [-0.25, -0.2) is 9.97 Å². The molecule has 2 heterocycles. The van der Waals surface area contributed by atoms with Gasteiger partial charge < -0.3 is 10.6 Å². The van der Waals surface area contributed by atoms with Gasteiger partial charge in [0.2, 0.25) is 5.95 Å². The average molecular weight is 484 g/mol. The van der Waals surface area contributed by atoms with E-state index in [-0.39, 0.29) is 5.95 Å². The molecule has 0 aliphatic rings. The Labute approximate surface area is 199 Å². The molecule has 2 N–H and O–H groups in total. The van der Waals surface area contributed by atoms with Gasteiger partial charge in [-0.05, 0) is 19.8 Å². The summed E-state index contributed by atoms with van der Waals surface area (Å²) in [4.78, 5) is 14.0. The quantitative estimate of drug-likeness (QED) is 0.346. The molecule has 5 nitrogen and oxygen atoms in total. The second-order valence-corrected chi connectivity index (χ2v) is 8.97. The van der Waals surface area contributed by atoms with Crippen LogP contribution >= 0.6 is 11.3 Å². The molecule has 2 aromatic rings. The lowest BCUT2D eigenvalue weighted by atomic mass is 10.0. The van der Waals surface area contributed by atoms with Crippen LogP contribution in [0.3, 0.4) is 0 Å². The minimum Gasteiger partial charge on any atom is -0.372 e. The highest BCUT2D eigenvalue weighted by atomic mass is 32.1. The predicted molar refractivity (Wildman–Crippen MR) is 134 cm³/mol. The van der Waals surface area contributed by atoms with Crippen molar-refractivity contribution in [1.82, 2.24) is 15.0 Å². The van der Waals surface area contributed by atoms with E-state index in [0.717, 1.165) is 21.5 Å². The fraction of sp³-hybridized carbons (Fsp3) is 0.542. The van der Waals surface area contributed by atoms with Crippen molar-refractivity contribution < 1.29 is 13.2 Å². The Bertz CT molecular complexity index is 906. The number of aromatic nitrogens is 3. The molecule has 0 unspecified atom stereocenters. The van der Waals surface area contributed by atoms with Crippen LogP contribution in [0, 0.1) is 19.8 Å². The van der Waals surface area contributed by atoms with E-state index in [1.54, 1.807) is 20.0 Å². The van der Waals surface area contributed by atoms with Gasteiger partial charge in [0.15, 0.2) is 0 Å². The van der Waals surface area contributed by atoms with Crippen LogP contribution < -0.4 is 10.6 Å². The number of hydrogen-bond donors (Lipinski definition) is 2. The van der Waals surface area contributed by atoms with Gasteiger partial charge in [0, 0.05) is 18.3 Å². The van der Waals surface area contributed by atoms with E-state index in [1.807, 2.05) is 19.1 Å². The van der Waals surface area contributed by atoms with Crippen molar-refractivity contribution in [3.05, 3.63) is 41.1 Å². The van der Waals surface area contributed by atoms with Crippen LogP contribution in [0.1, 0.15) is 56.3 Å². The molecule has 33 heavy (non-hydrogen) atoms. The molecule has 1 atom stereocenters. The summed E-state index contributed by atoms with van der Waals surface area (Å²) in [7, 11) is 1.66. The van der Waals surface area contributed by atoms with E-state index in [2.05, 4.69) is 52.9 Å². The number of thiazole rings is 1. The van der Waals surface area contributed by atoms with E-state index < -0.39 is 12.7 Å². The van der Waals surface area contributed by atoms with Crippen molar-refractivity contribution in [2.45, 2.75) is 66.5 Å². The number of alkyl halides is 3. The minimum absolute atomic E-state index is 0.0738. The Hall–Kier alpha value is -2.42. The van der Waals surface area contributed by atoms with Gasteiger partial charge >= 0.3 is 6.18 Å². The summed E-state index contributed by atoms with van der Waals surface area (Å²) in [5, 5.41) is 5.86. The smallest absolute Gasteiger partial charge is 0.372 e. The Kier molecular flexibility index (Phi) is 12.1. The van der Waals surface area contributed by atoms with Crippen LogP contribution in [0.25, 0.3) is 10.6 Å². The molecular formula is C24H36F3N5S. The van der Waals surface area contributed by atoms with E-state index in [4.69, 9.17) is 0 Å². The van der Waals surface area contributed by atoms with Gasteiger partial charge in [-0.15, -0.1) is 11.3 Å². The second kappa shape index (κ2) is 14.0. The molecule has 2 rings (SSSR count). The zero-order chi connectivity index (χ0) is 25.0. The number of nitrogens with one attached hydrogen (secondary N) is 2. The molecule has 0 amide bonds. The highest BCUT2D eigenvalue weighted by Crippen LogP contribution is 2.34. The maximum absolute atomic E-state index is 12.4. The lowest BCUT2D eigenvalue weighted by Gasteiger charge is -2.13. The monoisotopic (exact) mass is 483 g/mol. The van der Waals surface area contributed by atoms with Gasteiger partial charge in [0.1, 0.15) is 17.4 Å². The van der Waals surface area contributed by atoms with Crippen LogP contribution in [0.15, 0.2) is 24.8 Å². The highest BCUT2D eigenvalue weighted by Gasteiger charge is 2.27. The zero-order valence-corrected chi connectivity index (χ0v) is 21.3. The number of aryl methyl sites for hydroxylation is 2. The van der Waals surface area contributed by atoms with E-state index in [9.17, 15) is 13.2 Å². The van der Waals surface area contributed by atoms with E-state index in [1.165, 1.54) is 30.6 Å². The standard InChI is InChI=1S/C17H20F3N5S.C7H16/c1-5-6-7-8-12-11(3)26-15(24-12)13-10(2)23-16(25-14(13)21-4)22-9-17(18,19)20;1-4-6-7(3)5-2/h5-7H,1,8-9H2,2-4H3,(H2,21,22,23,25);7H,4-6H2,1-3H3/b7-6-;/t;7-/m.1/s1. The van der Waals surface area contributed by atoms with Crippen LogP contribution in [0.2, 0.25) is 0 Å². The topological polar surface area (TPSA) is 62.7 Å². The first-order chi connectivity index (χ1) is 15.6. The highest BCUT2D eigenvalue weighted by molar-refractivity contribution is 7.15. The molecule has 0 radical (unpaired) electrons. The molecule has 0 aliphatic carbocycles. The minimum atomic E-state index is -4.34. The summed E-state index contributed by atoms with van der Waals surface area (Å²) >= 11 is 1.50. The van der Waals surface area contributed by atoms with Crippen LogP contribution in [-0.2, 0) is 6.42 Å². The molecule has 2 aromatic heterocycles. The lowest BCUT2D eigenvalue weighted by Crippen LogP contribution is -2.22. The van der Waals surface area contributed by atoms with Crippen molar-refractivity contribution in [3.8, 4) is 10.6 Å². The number of anilines is 2. The zero-order valence-electron chi connectivity index (χ0n) is 20.4. The van der Waals surface area contributed by atoms with Gasteiger partial charge in [-0.2, -0.15) is 18.2 Å². The molecule has 0 saturated carbocycles. The normalized spacial score (nSPS) is 12.3. The first-order valence-electron chi connectivity index (χ1n) is 11.2. The lowest BCUT2D eigenvalue weighted by molar-refractivity contribution is -0.115. The van der Waals surface area contributed by atoms with Gasteiger partial charge in [0.05, 0.1) is 17.0 Å². The maximum atomic E-state index is 12.4. The van der Waals surface area contributed by atoms with Crippen LogP contribution in [0.5, 0.6) is 0 Å². The molecule has 9 heteroatoms. The number of hydrogen-bond acceptors (Lipinski definition) is 6. The van der Waals surface area contributed by atoms with Crippen LogP contribution in [0.4, 0.5) is 24.9 Å². The van der Waals surface area contributed by atoms with Gasteiger partial charge in [-0.1, -0.05) is 64.8 Å². The number of rotatable bonds is 10. The van der Waals surface area contributed by atoms with Crippen molar-refractivity contribution in [2.24, 2.45) is 5.92 Å². The third-order valence-corrected chi connectivity index (χ3v) is 5.97. The SMILES string of the molecule is C=C/C=C\Cc1nc(-c2c(C)nc(NCC(F)(F)F)nc2NC)sc1C.CCC[C@H](C)CC. The molecule has 0 bridgehead atoms. The number of nitrogens with zero attached hydrogens (tertiary/aromatic N) is 3. The number of allylic oxidation sites excluding steroid dienone is 3. The van der Waals surface area contributed by atoms with Gasteiger partial charge in [-0.3, -0.25) is 0 Å². The molecule has 0 saturated heterocycles. The van der Waals surface area contributed by atoms with Crippen molar-refractivity contribution >= 4 is 23.1 Å². The third-order valence-electron chi connectivity index (χ3n) is 4.94. The summed E-state index contributed by atoms with van der Waals surface area (Å²) in [6.07, 6.45) is 5.94. The Balaban J connectivity index is 0.000000675. The Morgan fingerprint density at radius 1 is 1.15 bits per heavy atom. The number of halogens is 3. The maximum Gasteiger partial charge on any atom is 0.405 e. The Morgan fingerprint density at radius 3 is 2.36 bits per heavy atom. The second-order valence-electron chi connectivity index (χ2n) is 7.77. The molecule has 0 spiro atoms. The molecule has 0 aliphatic heterocycles.